The summed E-state index contributed by atoms with van der Waals surface area (Å²) in [6.45, 7) is 0. The Hall–Kier alpha value is -1.71. The summed E-state index contributed by atoms with van der Waals surface area (Å²) < 4.78 is 29.2. The molecule has 2 nitrogen and oxygen atoms in total. The van der Waals surface area contributed by atoms with Crippen LogP contribution in [0.5, 0.6) is 0 Å². The summed E-state index contributed by atoms with van der Waals surface area (Å²) in [6, 6.07) is 5.29. The Morgan fingerprint density at radius 2 is 2.07 bits per heavy atom. The van der Waals surface area contributed by atoms with Crippen LogP contribution in [0.4, 0.5) is 8.78 Å². The van der Waals surface area contributed by atoms with Crippen molar-refractivity contribution in [3.05, 3.63) is 48.3 Å². The lowest BCUT2D eigenvalue weighted by Crippen LogP contribution is -2.37. The van der Waals surface area contributed by atoms with Crippen LogP contribution in [0.2, 0.25) is 0 Å². The van der Waals surface area contributed by atoms with Crippen molar-refractivity contribution < 1.29 is 13.5 Å². The second kappa shape index (κ2) is 3.21. The van der Waals surface area contributed by atoms with Crippen LogP contribution >= 0.6 is 0 Å². The van der Waals surface area contributed by atoms with Gasteiger partial charge in [0.05, 0.1) is 6.20 Å². The van der Waals surface area contributed by atoms with Gasteiger partial charge in [0.15, 0.2) is 19.1 Å². The van der Waals surface area contributed by atoms with Crippen LogP contribution in [0.15, 0.2) is 36.7 Å². The van der Waals surface area contributed by atoms with Crippen LogP contribution < -0.4 is 4.68 Å². The van der Waals surface area contributed by atoms with Gasteiger partial charge in [-0.05, 0) is 12.1 Å². The molecule has 4 heteroatoms. The van der Waals surface area contributed by atoms with E-state index in [1.807, 2.05) is 0 Å². The Morgan fingerprint density at radius 3 is 2.64 bits per heavy atom. The van der Waals surface area contributed by atoms with Crippen LogP contribution in [-0.2, 0) is 7.05 Å². The fraction of sp³-hybridized carbons (Fsp3) is 0.100. The minimum absolute atomic E-state index is 0.332. The van der Waals surface area contributed by atoms with Crippen LogP contribution in [0.1, 0.15) is 0 Å². The van der Waals surface area contributed by atoms with Gasteiger partial charge in [-0.3, -0.25) is 0 Å². The molecule has 72 valence electrons. The lowest BCUT2D eigenvalue weighted by Gasteiger charge is -2.01. The van der Waals surface area contributed by atoms with Gasteiger partial charge in [0.2, 0.25) is 0 Å². The summed E-state index contributed by atoms with van der Waals surface area (Å²) in [4.78, 5) is 0. The summed E-state index contributed by atoms with van der Waals surface area (Å²) in [7, 11) is 1.78. The SMILES string of the molecule is C[n+]1cccn1-c1ccc(F)cc1F. The molecule has 1 aromatic heterocycles. The first-order chi connectivity index (χ1) is 6.68. The number of hydrogen-bond donors (Lipinski definition) is 0. The van der Waals surface area contributed by atoms with Crippen molar-refractivity contribution in [2.75, 3.05) is 0 Å². The zero-order valence-corrected chi connectivity index (χ0v) is 7.61. The zero-order chi connectivity index (χ0) is 10.1. The van der Waals surface area contributed by atoms with E-state index < -0.39 is 11.6 Å². The third-order valence-corrected chi connectivity index (χ3v) is 2.03. The van der Waals surface area contributed by atoms with E-state index in [-0.39, 0.29) is 0 Å². The van der Waals surface area contributed by atoms with Crippen molar-refractivity contribution in [3.8, 4) is 5.69 Å². The van der Waals surface area contributed by atoms with Crippen LogP contribution in [0.25, 0.3) is 5.69 Å². The zero-order valence-electron chi connectivity index (χ0n) is 7.61. The molecule has 2 rings (SSSR count). The normalized spacial score (nSPS) is 10.5. The Morgan fingerprint density at radius 1 is 1.29 bits per heavy atom. The fourth-order valence-electron chi connectivity index (χ4n) is 1.34. The van der Waals surface area contributed by atoms with E-state index in [9.17, 15) is 8.78 Å². The smallest absolute Gasteiger partial charge is 0.195 e. The summed E-state index contributed by atoms with van der Waals surface area (Å²) >= 11 is 0. The number of halogens is 2. The van der Waals surface area contributed by atoms with Crippen LogP contribution in [-0.4, -0.2) is 4.68 Å². The maximum absolute atomic E-state index is 13.3. The third kappa shape index (κ3) is 1.39. The molecule has 0 aliphatic heterocycles. The van der Waals surface area contributed by atoms with Gasteiger partial charge in [-0.25, -0.2) is 8.78 Å². The molecule has 0 aliphatic carbocycles. The quantitative estimate of drug-likeness (QED) is 0.611. The molecular weight excluding hydrogens is 186 g/mol. The van der Waals surface area contributed by atoms with Crippen molar-refractivity contribution in [1.82, 2.24) is 4.68 Å². The minimum atomic E-state index is -0.572. The summed E-state index contributed by atoms with van der Waals surface area (Å²) in [5, 5.41) is 0. The molecule has 1 aromatic carbocycles. The first-order valence-electron chi connectivity index (χ1n) is 4.17. The summed E-state index contributed by atoms with van der Waals surface area (Å²) in [5.74, 6) is -1.14. The monoisotopic (exact) mass is 195 g/mol. The third-order valence-electron chi connectivity index (χ3n) is 2.03. The van der Waals surface area contributed by atoms with E-state index in [1.54, 1.807) is 34.9 Å². The molecule has 0 spiro atoms. The van der Waals surface area contributed by atoms with Gasteiger partial charge in [0.25, 0.3) is 0 Å². The highest BCUT2D eigenvalue weighted by Gasteiger charge is 2.11. The van der Waals surface area contributed by atoms with Gasteiger partial charge in [-0.15, -0.1) is 9.36 Å². The number of aryl methyl sites for hydroxylation is 1. The summed E-state index contributed by atoms with van der Waals surface area (Å²) in [5.41, 5.74) is 0.332. The lowest BCUT2D eigenvalue weighted by atomic mass is 10.3. The first-order valence-corrected chi connectivity index (χ1v) is 4.17. The predicted molar refractivity (Wildman–Crippen MR) is 46.9 cm³/mol. The highest BCUT2D eigenvalue weighted by Crippen LogP contribution is 2.12. The highest BCUT2D eigenvalue weighted by atomic mass is 19.1. The maximum atomic E-state index is 13.3. The van der Waals surface area contributed by atoms with Gasteiger partial charge in [0, 0.05) is 12.1 Å². The van der Waals surface area contributed by atoms with E-state index in [4.69, 9.17) is 0 Å². The van der Waals surface area contributed by atoms with Gasteiger partial charge in [-0.2, -0.15) is 0 Å². The Kier molecular flexibility index (Phi) is 2.04. The Balaban J connectivity index is 2.58. The molecule has 0 radical (unpaired) electrons. The van der Waals surface area contributed by atoms with Crippen molar-refractivity contribution in [2.45, 2.75) is 0 Å². The number of rotatable bonds is 1. The molecule has 0 fully saturated rings. The number of hydrogen-bond acceptors (Lipinski definition) is 0. The summed E-state index contributed by atoms with van der Waals surface area (Å²) in [6.07, 6.45) is 3.49. The van der Waals surface area contributed by atoms with Crippen LogP contribution in [0.3, 0.4) is 0 Å². The van der Waals surface area contributed by atoms with Crippen molar-refractivity contribution in [1.29, 1.82) is 0 Å². The molecule has 0 atom stereocenters. The number of benzene rings is 1. The molecule has 0 bridgehead atoms. The highest BCUT2D eigenvalue weighted by molar-refractivity contribution is 5.31. The van der Waals surface area contributed by atoms with Crippen molar-refractivity contribution >= 4 is 0 Å². The lowest BCUT2D eigenvalue weighted by molar-refractivity contribution is -0.744. The molecule has 0 saturated heterocycles. The Bertz CT molecular complexity index is 463. The number of nitrogens with zero attached hydrogens (tertiary/aromatic N) is 2. The Labute approximate surface area is 80.0 Å². The molecule has 2 aromatic rings. The molecule has 0 N–H and O–H groups in total. The average molecular weight is 195 g/mol. The van der Waals surface area contributed by atoms with Gasteiger partial charge >= 0.3 is 0 Å². The van der Waals surface area contributed by atoms with Gasteiger partial charge in [0.1, 0.15) is 11.5 Å². The largest absolute Gasteiger partial charge is 0.207 e. The maximum Gasteiger partial charge on any atom is 0.195 e. The van der Waals surface area contributed by atoms with Gasteiger partial charge < -0.3 is 0 Å². The van der Waals surface area contributed by atoms with E-state index in [0.717, 1.165) is 6.07 Å². The molecule has 0 aliphatic rings. The minimum Gasteiger partial charge on any atom is -0.207 e. The fourth-order valence-corrected chi connectivity index (χ4v) is 1.34. The van der Waals surface area contributed by atoms with Crippen LogP contribution in [0, 0.1) is 11.6 Å². The van der Waals surface area contributed by atoms with E-state index in [1.165, 1.54) is 12.1 Å². The second-order valence-electron chi connectivity index (χ2n) is 3.00. The predicted octanol–water partition coefficient (Wildman–Crippen LogP) is 1.58. The molecule has 0 amide bonds. The number of aromatic nitrogens is 2. The van der Waals surface area contributed by atoms with E-state index >= 15 is 0 Å². The van der Waals surface area contributed by atoms with Gasteiger partial charge in [-0.1, -0.05) is 0 Å². The molecule has 0 unspecified atom stereocenters. The molecular formula is C10H9F2N2+. The van der Waals surface area contributed by atoms with Crippen molar-refractivity contribution in [3.63, 3.8) is 0 Å². The molecule has 0 saturated carbocycles. The topological polar surface area (TPSA) is 8.81 Å². The molecule has 14 heavy (non-hydrogen) atoms. The average Bonchev–Trinajstić information content (AvgIpc) is 2.52. The van der Waals surface area contributed by atoms with E-state index in [0.29, 0.717) is 5.69 Å². The van der Waals surface area contributed by atoms with E-state index in [2.05, 4.69) is 0 Å². The second-order valence-corrected chi connectivity index (χ2v) is 3.00. The van der Waals surface area contributed by atoms with Crippen molar-refractivity contribution in [2.24, 2.45) is 7.05 Å². The first kappa shape index (κ1) is 8.87. The standard InChI is InChI=1S/C10H9F2N2/c1-13-5-2-6-14(13)10-4-3-8(11)7-9(10)12/h2-7H,1H3/q+1. The molecule has 1 heterocycles.